The van der Waals surface area contributed by atoms with Crippen LogP contribution in [0, 0.1) is 5.92 Å². The molecular formula is C17H29N5O. The standard InChI is InChI=1S/C17H29N5O/c1-13(23)22-15(11-19(2)3)9-14-10-21(7-5-16(14)22)12-17-18-6-8-20(17)4/h6,8,14-16H,5,7,9-12H2,1-4H3/t14-,15+,16+/m1/s1. The van der Waals surface area contributed by atoms with E-state index in [0.29, 0.717) is 18.0 Å². The van der Waals surface area contributed by atoms with E-state index in [9.17, 15) is 4.79 Å². The van der Waals surface area contributed by atoms with Crippen molar-refractivity contribution in [3.8, 4) is 0 Å². The molecule has 0 unspecified atom stereocenters. The van der Waals surface area contributed by atoms with Gasteiger partial charge in [-0.3, -0.25) is 9.69 Å². The molecule has 0 bridgehead atoms. The Morgan fingerprint density at radius 2 is 2.22 bits per heavy atom. The molecule has 1 aromatic rings. The summed E-state index contributed by atoms with van der Waals surface area (Å²) in [5.74, 6) is 1.95. The highest BCUT2D eigenvalue weighted by Crippen LogP contribution is 2.36. The number of piperidine rings is 1. The van der Waals surface area contributed by atoms with Crippen molar-refractivity contribution >= 4 is 5.91 Å². The van der Waals surface area contributed by atoms with Crippen molar-refractivity contribution in [3.05, 3.63) is 18.2 Å². The monoisotopic (exact) mass is 319 g/mol. The first-order valence-corrected chi connectivity index (χ1v) is 8.58. The number of amides is 1. The van der Waals surface area contributed by atoms with Crippen LogP contribution < -0.4 is 0 Å². The molecule has 3 atom stereocenters. The molecule has 2 fully saturated rings. The van der Waals surface area contributed by atoms with E-state index in [1.807, 2.05) is 12.4 Å². The van der Waals surface area contributed by atoms with Crippen LogP contribution in [0.4, 0.5) is 0 Å². The van der Waals surface area contributed by atoms with Gasteiger partial charge >= 0.3 is 0 Å². The Morgan fingerprint density at radius 3 is 2.83 bits per heavy atom. The van der Waals surface area contributed by atoms with Gasteiger partial charge in [-0.15, -0.1) is 0 Å². The summed E-state index contributed by atoms with van der Waals surface area (Å²) >= 11 is 0. The molecule has 0 N–H and O–H groups in total. The summed E-state index contributed by atoms with van der Waals surface area (Å²) in [6.07, 6.45) is 6.07. The first-order chi connectivity index (χ1) is 11.0. The van der Waals surface area contributed by atoms with Gasteiger partial charge in [-0.05, 0) is 32.9 Å². The molecule has 1 aromatic heterocycles. The number of carbonyl (C=O) groups excluding carboxylic acids is 1. The summed E-state index contributed by atoms with van der Waals surface area (Å²) in [6.45, 7) is 5.72. The van der Waals surface area contributed by atoms with Gasteiger partial charge in [0.1, 0.15) is 5.82 Å². The van der Waals surface area contributed by atoms with Crippen LogP contribution in [0.1, 0.15) is 25.6 Å². The largest absolute Gasteiger partial charge is 0.337 e. The van der Waals surface area contributed by atoms with Gasteiger partial charge in [0.25, 0.3) is 0 Å². The van der Waals surface area contributed by atoms with Crippen LogP contribution in [-0.4, -0.2) is 76.0 Å². The molecule has 0 aromatic carbocycles. The highest BCUT2D eigenvalue weighted by molar-refractivity contribution is 5.74. The van der Waals surface area contributed by atoms with Crippen molar-refractivity contribution in [1.29, 1.82) is 0 Å². The van der Waals surface area contributed by atoms with Crippen LogP contribution in [0.15, 0.2) is 12.4 Å². The van der Waals surface area contributed by atoms with Crippen LogP contribution >= 0.6 is 0 Å². The Balaban J connectivity index is 1.67. The summed E-state index contributed by atoms with van der Waals surface area (Å²) in [6, 6.07) is 0.792. The van der Waals surface area contributed by atoms with Crippen molar-refractivity contribution in [2.24, 2.45) is 13.0 Å². The molecule has 23 heavy (non-hydrogen) atoms. The normalized spacial score (nSPS) is 28.4. The van der Waals surface area contributed by atoms with Crippen LogP contribution in [-0.2, 0) is 18.4 Å². The molecule has 3 heterocycles. The van der Waals surface area contributed by atoms with Gasteiger partial charge < -0.3 is 14.4 Å². The second kappa shape index (κ2) is 6.61. The van der Waals surface area contributed by atoms with E-state index in [1.54, 1.807) is 6.92 Å². The average Bonchev–Trinajstić information content (AvgIpc) is 3.01. The Kier molecular flexibility index (Phi) is 4.73. The van der Waals surface area contributed by atoms with E-state index < -0.39 is 0 Å². The van der Waals surface area contributed by atoms with E-state index in [2.05, 4.69) is 45.4 Å². The fourth-order valence-electron chi connectivity index (χ4n) is 4.39. The first kappa shape index (κ1) is 16.5. The maximum atomic E-state index is 12.2. The number of hydrogen-bond donors (Lipinski definition) is 0. The highest BCUT2D eigenvalue weighted by Gasteiger charge is 2.45. The molecule has 0 radical (unpaired) electrons. The SMILES string of the molecule is CC(=O)N1[C@H](CN(C)C)C[C@@H]2CN(Cc3nccn3C)CC[C@@H]21. The molecule has 1 amide bonds. The summed E-state index contributed by atoms with van der Waals surface area (Å²) in [5.41, 5.74) is 0. The van der Waals surface area contributed by atoms with Crippen LogP contribution in [0.25, 0.3) is 0 Å². The van der Waals surface area contributed by atoms with E-state index in [-0.39, 0.29) is 5.91 Å². The molecule has 128 valence electrons. The summed E-state index contributed by atoms with van der Waals surface area (Å²) in [4.78, 5) is 23.5. The summed E-state index contributed by atoms with van der Waals surface area (Å²) < 4.78 is 2.09. The quantitative estimate of drug-likeness (QED) is 0.823. The highest BCUT2D eigenvalue weighted by atomic mass is 16.2. The molecule has 0 spiro atoms. The van der Waals surface area contributed by atoms with Gasteiger partial charge in [0.2, 0.25) is 5.91 Å². The predicted octanol–water partition coefficient (Wildman–Crippen LogP) is 0.793. The van der Waals surface area contributed by atoms with Crippen molar-refractivity contribution in [1.82, 2.24) is 24.3 Å². The van der Waals surface area contributed by atoms with Gasteiger partial charge in [-0.25, -0.2) is 4.98 Å². The molecule has 0 saturated carbocycles. The average molecular weight is 319 g/mol. The Bertz CT molecular complexity index is 555. The van der Waals surface area contributed by atoms with E-state index in [0.717, 1.165) is 44.8 Å². The maximum absolute atomic E-state index is 12.2. The summed E-state index contributed by atoms with van der Waals surface area (Å²) in [7, 11) is 6.23. The third kappa shape index (κ3) is 3.43. The number of hydrogen-bond acceptors (Lipinski definition) is 4. The number of carbonyl (C=O) groups is 1. The molecule has 2 aliphatic heterocycles. The van der Waals surface area contributed by atoms with E-state index in [1.165, 1.54) is 0 Å². The fourth-order valence-corrected chi connectivity index (χ4v) is 4.39. The van der Waals surface area contributed by atoms with Gasteiger partial charge in [0.15, 0.2) is 0 Å². The molecular weight excluding hydrogens is 290 g/mol. The lowest BCUT2D eigenvalue weighted by molar-refractivity contribution is -0.133. The third-order valence-electron chi connectivity index (χ3n) is 5.33. The van der Waals surface area contributed by atoms with Crippen molar-refractivity contribution < 1.29 is 4.79 Å². The number of likely N-dealkylation sites (tertiary alicyclic amines) is 2. The Hall–Kier alpha value is -1.40. The Morgan fingerprint density at radius 1 is 1.43 bits per heavy atom. The zero-order valence-corrected chi connectivity index (χ0v) is 14.8. The molecule has 0 aliphatic carbocycles. The smallest absolute Gasteiger partial charge is 0.219 e. The summed E-state index contributed by atoms with van der Waals surface area (Å²) in [5, 5.41) is 0. The topological polar surface area (TPSA) is 44.6 Å². The molecule has 2 saturated heterocycles. The molecule has 3 rings (SSSR count). The van der Waals surface area contributed by atoms with Crippen molar-refractivity contribution in [2.75, 3.05) is 33.7 Å². The number of fused-ring (bicyclic) bond motifs is 1. The predicted molar refractivity (Wildman–Crippen MR) is 89.9 cm³/mol. The molecule has 6 heteroatoms. The number of rotatable bonds is 4. The maximum Gasteiger partial charge on any atom is 0.219 e. The Labute approximate surface area is 139 Å². The second-order valence-corrected chi connectivity index (χ2v) is 7.38. The molecule has 6 nitrogen and oxygen atoms in total. The van der Waals surface area contributed by atoms with Gasteiger partial charge in [-0.2, -0.15) is 0 Å². The van der Waals surface area contributed by atoms with E-state index in [4.69, 9.17) is 0 Å². The number of nitrogens with zero attached hydrogens (tertiary/aromatic N) is 5. The lowest BCUT2D eigenvalue weighted by atomic mass is 9.92. The molecule has 2 aliphatic rings. The lowest BCUT2D eigenvalue weighted by Crippen LogP contribution is -2.49. The third-order valence-corrected chi connectivity index (χ3v) is 5.33. The van der Waals surface area contributed by atoms with Gasteiger partial charge in [-0.1, -0.05) is 0 Å². The zero-order chi connectivity index (χ0) is 16.6. The number of likely N-dealkylation sites (N-methyl/N-ethyl adjacent to an activating group) is 1. The first-order valence-electron chi connectivity index (χ1n) is 8.58. The van der Waals surface area contributed by atoms with Crippen LogP contribution in [0.3, 0.4) is 0 Å². The minimum Gasteiger partial charge on any atom is -0.337 e. The second-order valence-electron chi connectivity index (χ2n) is 7.38. The minimum absolute atomic E-state index is 0.238. The number of aryl methyl sites for hydroxylation is 1. The van der Waals surface area contributed by atoms with Gasteiger partial charge in [0, 0.05) is 58.1 Å². The zero-order valence-electron chi connectivity index (χ0n) is 14.8. The van der Waals surface area contributed by atoms with Crippen LogP contribution in [0.5, 0.6) is 0 Å². The van der Waals surface area contributed by atoms with Gasteiger partial charge in [0.05, 0.1) is 6.54 Å². The minimum atomic E-state index is 0.238. The van der Waals surface area contributed by atoms with Crippen LogP contribution in [0.2, 0.25) is 0 Å². The van der Waals surface area contributed by atoms with Crippen molar-refractivity contribution in [2.45, 2.75) is 38.4 Å². The number of imidazole rings is 1. The van der Waals surface area contributed by atoms with Crippen molar-refractivity contribution in [3.63, 3.8) is 0 Å². The lowest BCUT2D eigenvalue weighted by Gasteiger charge is -2.38. The number of aromatic nitrogens is 2. The fraction of sp³-hybridized carbons (Fsp3) is 0.765. The van der Waals surface area contributed by atoms with E-state index >= 15 is 0 Å².